The lowest BCUT2D eigenvalue weighted by atomic mass is 9.68. The van der Waals surface area contributed by atoms with Gasteiger partial charge in [0.2, 0.25) is 0 Å². The summed E-state index contributed by atoms with van der Waals surface area (Å²) in [6.45, 7) is 4.84. The molecule has 4 fully saturated rings. The number of hydrogen-bond donors (Lipinski definition) is 0. The molecule has 0 nitrogen and oxygen atoms in total. The lowest BCUT2D eigenvalue weighted by Crippen LogP contribution is -2.25. The molecule has 0 amide bonds. The Morgan fingerprint density at radius 2 is 0.909 bits per heavy atom. The zero-order chi connectivity index (χ0) is 22.8. The van der Waals surface area contributed by atoms with Crippen LogP contribution < -0.4 is 0 Å². The molecular formula is C32H49F. The normalized spacial score (nSPS) is 40.5. The monoisotopic (exact) mass is 452 g/mol. The van der Waals surface area contributed by atoms with Gasteiger partial charge in [0.15, 0.2) is 0 Å². The first-order chi connectivity index (χ1) is 16.1. The Balaban J connectivity index is 1.12. The molecule has 0 radical (unpaired) electrons. The number of halogens is 1. The second-order valence-corrected chi connectivity index (χ2v) is 13.0. The van der Waals surface area contributed by atoms with E-state index in [9.17, 15) is 0 Å². The smallest absolute Gasteiger partial charge is 0.126 e. The molecule has 33 heavy (non-hydrogen) atoms. The predicted molar refractivity (Wildman–Crippen MR) is 138 cm³/mol. The lowest BCUT2D eigenvalue weighted by molar-refractivity contribution is 0.164. The Morgan fingerprint density at radius 3 is 1.33 bits per heavy atom. The van der Waals surface area contributed by atoms with Crippen molar-refractivity contribution in [2.24, 2.45) is 35.5 Å². The van der Waals surface area contributed by atoms with Gasteiger partial charge in [-0.15, -0.1) is 0 Å². The Bertz CT molecular complexity index is 736. The molecule has 4 aliphatic carbocycles. The molecule has 0 aliphatic heterocycles. The Labute approximate surface area is 203 Å². The van der Waals surface area contributed by atoms with E-state index in [-0.39, 0.29) is 5.82 Å². The molecule has 1 aromatic carbocycles. The van der Waals surface area contributed by atoms with Gasteiger partial charge in [-0.05, 0) is 142 Å². The molecule has 0 aromatic heterocycles. The fraction of sp³-hybridized carbons (Fsp3) is 0.812. The van der Waals surface area contributed by atoms with Gasteiger partial charge in [-0.1, -0.05) is 51.7 Å². The van der Waals surface area contributed by atoms with Crippen molar-refractivity contribution < 1.29 is 4.39 Å². The molecule has 5 rings (SSSR count). The highest BCUT2D eigenvalue weighted by atomic mass is 19.1. The molecule has 1 heteroatoms. The van der Waals surface area contributed by atoms with Crippen LogP contribution in [0.25, 0.3) is 0 Å². The van der Waals surface area contributed by atoms with Crippen LogP contribution in [0.15, 0.2) is 18.2 Å². The molecule has 0 bridgehead atoms. The molecule has 0 unspecified atom stereocenters. The summed E-state index contributed by atoms with van der Waals surface area (Å²) in [5, 5.41) is 0. The number of benzene rings is 1. The predicted octanol–water partition coefficient (Wildman–Crippen LogP) is 10.0. The first-order valence-corrected chi connectivity index (χ1v) is 14.9. The minimum absolute atomic E-state index is 0.103. The summed E-state index contributed by atoms with van der Waals surface area (Å²) in [6.07, 6.45) is 21.9. The van der Waals surface area contributed by atoms with E-state index in [0.717, 1.165) is 41.1 Å². The van der Waals surface area contributed by atoms with E-state index in [4.69, 9.17) is 0 Å². The van der Waals surface area contributed by atoms with Gasteiger partial charge < -0.3 is 0 Å². The Kier molecular flexibility index (Phi) is 7.83. The lowest BCUT2D eigenvalue weighted by Gasteiger charge is -2.38. The molecule has 1 aromatic rings. The molecule has 184 valence electrons. The van der Waals surface area contributed by atoms with Gasteiger partial charge >= 0.3 is 0 Å². The van der Waals surface area contributed by atoms with E-state index in [1.165, 1.54) is 108 Å². The molecule has 4 saturated carbocycles. The summed E-state index contributed by atoms with van der Waals surface area (Å²) >= 11 is 0. The van der Waals surface area contributed by atoms with Gasteiger partial charge in [0.05, 0.1) is 0 Å². The highest BCUT2D eigenvalue weighted by Gasteiger charge is 2.33. The van der Waals surface area contributed by atoms with Crippen LogP contribution >= 0.6 is 0 Å². The summed E-state index contributed by atoms with van der Waals surface area (Å²) < 4.78 is 15.3. The summed E-state index contributed by atoms with van der Waals surface area (Å²) in [5.74, 6) is 6.85. The zero-order valence-electron chi connectivity index (χ0n) is 21.5. The average molecular weight is 453 g/mol. The van der Waals surface area contributed by atoms with E-state index in [1.54, 1.807) is 0 Å². The van der Waals surface area contributed by atoms with Crippen molar-refractivity contribution >= 4 is 0 Å². The third-order valence-corrected chi connectivity index (χ3v) is 10.9. The number of rotatable bonds is 4. The maximum Gasteiger partial charge on any atom is 0.126 e. The minimum Gasteiger partial charge on any atom is -0.207 e. The summed E-state index contributed by atoms with van der Waals surface area (Å²) in [5.41, 5.74) is 2.32. The molecule has 0 heterocycles. The van der Waals surface area contributed by atoms with Crippen LogP contribution in [0.4, 0.5) is 4.39 Å². The molecule has 0 atom stereocenters. The fourth-order valence-electron chi connectivity index (χ4n) is 8.47. The van der Waals surface area contributed by atoms with E-state index in [2.05, 4.69) is 26.0 Å². The highest BCUT2D eigenvalue weighted by molar-refractivity contribution is 5.30. The Morgan fingerprint density at radius 1 is 0.515 bits per heavy atom. The van der Waals surface area contributed by atoms with Crippen molar-refractivity contribution in [3.63, 3.8) is 0 Å². The van der Waals surface area contributed by atoms with Gasteiger partial charge in [-0.3, -0.25) is 0 Å². The van der Waals surface area contributed by atoms with Gasteiger partial charge in [0, 0.05) is 0 Å². The van der Waals surface area contributed by atoms with Crippen LogP contribution in [0, 0.1) is 41.3 Å². The molecule has 4 aliphatic rings. The minimum atomic E-state index is 0.103. The highest BCUT2D eigenvalue weighted by Crippen LogP contribution is 2.46. The maximum absolute atomic E-state index is 15.3. The maximum atomic E-state index is 15.3. The van der Waals surface area contributed by atoms with Gasteiger partial charge in [0.1, 0.15) is 5.82 Å². The largest absolute Gasteiger partial charge is 0.207 e. The van der Waals surface area contributed by atoms with Gasteiger partial charge in [0.25, 0.3) is 0 Å². The van der Waals surface area contributed by atoms with Crippen LogP contribution in [-0.4, -0.2) is 0 Å². The molecule has 0 N–H and O–H groups in total. The van der Waals surface area contributed by atoms with Crippen molar-refractivity contribution in [2.75, 3.05) is 0 Å². The third-order valence-electron chi connectivity index (χ3n) is 10.9. The number of hydrogen-bond acceptors (Lipinski definition) is 0. The van der Waals surface area contributed by atoms with E-state index >= 15 is 4.39 Å². The van der Waals surface area contributed by atoms with Crippen LogP contribution in [0.3, 0.4) is 0 Å². The quantitative estimate of drug-likeness (QED) is 0.426. The van der Waals surface area contributed by atoms with Gasteiger partial charge in [-0.25, -0.2) is 4.39 Å². The summed E-state index contributed by atoms with van der Waals surface area (Å²) in [7, 11) is 0. The van der Waals surface area contributed by atoms with Crippen molar-refractivity contribution in [1.29, 1.82) is 0 Å². The molecule has 0 spiro atoms. The second-order valence-electron chi connectivity index (χ2n) is 13.0. The standard InChI is InChI=1S/C32H49F/c1-22-3-7-24(8-4-22)26-11-13-28(14-12-26)30-19-20-31(32(33)21-30)29-17-15-27(16-18-29)25-9-5-23(2)6-10-25/h19-29H,3-18H2,1-2H3. The van der Waals surface area contributed by atoms with Crippen LogP contribution in [0.2, 0.25) is 0 Å². The second kappa shape index (κ2) is 10.8. The fourth-order valence-corrected chi connectivity index (χ4v) is 8.47. The van der Waals surface area contributed by atoms with Crippen LogP contribution in [0.5, 0.6) is 0 Å². The first kappa shape index (κ1) is 23.9. The van der Waals surface area contributed by atoms with Crippen molar-refractivity contribution in [2.45, 2.75) is 128 Å². The van der Waals surface area contributed by atoms with Crippen LogP contribution in [-0.2, 0) is 0 Å². The third kappa shape index (κ3) is 5.70. The van der Waals surface area contributed by atoms with Crippen molar-refractivity contribution in [3.05, 3.63) is 35.1 Å². The van der Waals surface area contributed by atoms with Gasteiger partial charge in [-0.2, -0.15) is 0 Å². The topological polar surface area (TPSA) is 0 Å². The van der Waals surface area contributed by atoms with Crippen LogP contribution in [0.1, 0.15) is 140 Å². The average Bonchev–Trinajstić information content (AvgIpc) is 2.85. The van der Waals surface area contributed by atoms with E-state index in [1.807, 2.05) is 6.07 Å². The molecule has 0 saturated heterocycles. The zero-order valence-corrected chi connectivity index (χ0v) is 21.5. The SMILES string of the molecule is CC1CCC(C2CCC(c3ccc(C4CCC(C5CCC(C)CC5)CC4)c(F)c3)CC2)CC1. The molecular weight excluding hydrogens is 403 g/mol. The summed E-state index contributed by atoms with van der Waals surface area (Å²) in [4.78, 5) is 0. The van der Waals surface area contributed by atoms with Crippen molar-refractivity contribution in [3.8, 4) is 0 Å². The van der Waals surface area contributed by atoms with Crippen molar-refractivity contribution in [1.82, 2.24) is 0 Å². The first-order valence-electron chi connectivity index (χ1n) is 14.9. The van der Waals surface area contributed by atoms with E-state index < -0.39 is 0 Å². The summed E-state index contributed by atoms with van der Waals surface area (Å²) in [6, 6.07) is 6.43. The van der Waals surface area contributed by atoms with E-state index in [0.29, 0.717) is 11.8 Å². The Hall–Kier alpha value is -0.850.